The van der Waals surface area contributed by atoms with Gasteiger partial charge in [-0.3, -0.25) is 4.79 Å². The van der Waals surface area contributed by atoms with Gasteiger partial charge in [-0.25, -0.2) is 0 Å². The second-order valence-electron chi connectivity index (χ2n) is 5.17. The van der Waals surface area contributed by atoms with Crippen LogP contribution in [-0.2, 0) is 6.54 Å². The number of anilines is 1. The van der Waals surface area contributed by atoms with Crippen LogP contribution in [0.2, 0.25) is 0 Å². The Hall–Kier alpha value is -2.29. The van der Waals surface area contributed by atoms with E-state index in [1.807, 2.05) is 57.3 Å². The van der Waals surface area contributed by atoms with E-state index in [2.05, 4.69) is 0 Å². The second kappa shape index (κ2) is 5.78. The molecule has 0 saturated carbocycles. The molecule has 0 heterocycles. The second-order valence-corrected chi connectivity index (χ2v) is 5.17. The maximum Gasteiger partial charge on any atom is 0.254 e. The van der Waals surface area contributed by atoms with E-state index < -0.39 is 0 Å². The molecule has 0 radical (unpaired) electrons. The lowest BCUT2D eigenvalue weighted by atomic mass is 10.0. The van der Waals surface area contributed by atoms with Crippen molar-refractivity contribution in [3.05, 3.63) is 64.7 Å². The summed E-state index contributed by atoms with van der Waals surface area (Å²) in [5.41, 5.74) is 10.3. The van der Waals surface area contributed by atoms with Gasteiger partial charge in [0.2, 0.25) is 0 Å². The molecule has 2 rings (SSSR count). The third kappa shape index (κ3) is 2.99. The third-order valence-corrected chi connectivity index (χ3v) is 3.45. The highest BCUT2D eigenvalue weighted by Gasteiger charge is 2.15. The molecule has 0 saturated heterocycles. The minimum Gasteiger partial charge on any atom is -0.398 e. The first-order valence-corrected chi connectivity index (χ1v) is 6.65. The van der Waals surface area contributed by atoms with Crippen LogP contribution in [-0.4, -0.2) is 17.9 Å². The molecule has 0 unspecified atom stereocenters. The van der Waals surface area contributed by atoms with Gasteiger partial charge in [-0.05, 0) is 36.6 Å². The molecular formula is C17H20N2O. The molecule has 2 aromatic rings. The zero-order chi connectivity index (χ0) is 14.7. The summed E-state index contributed by atoms with van der Waals surface area (Å²) in [5, 5.41) is 0. The van der Waals surface area contributed by atoms with Gasteiger partial charge in [-0.2, -0.15) is 0 Å². The number of aryl methyl sites for hydroxylation is 2. The maximum atomic E-state index is 12.5. The molecule has 0 aliphatic carbocycles. The van der Waals surface area contributed by atoms with E-state index in [1.54, 1.807) is 11.0 Å². The first kappa shape index (κ1) is 14.1. The zero-order valence-corrected chi connectivity index (χ0v) is 12.2. The van der Waals surface area contributed by atoms with Gasteiger partial charge >= 0.3 is 0 Å². The number of rotatable bonds is 3. The Kier molecular flexibility index (Phi) is 4.08. The zero-order valence-electron chi connectivity index (χ0n) is 12.2. The molecule has 3 heteroatoms. The van der Waals surface area contributed by atoms with Crippen molar-refractivity contribution >= 4 is 11.6 Å². The number of carbonyl (C=O) groups is 1. The smallest absolute Gasteiger partial charge is 0.254 e. The summed E-state index contributed by atoms with van der Waals surface area (Å²) in [4.78, 5) is 14.2. The topological polar surface area (TPSA) is 46.3 Å². The van der Waals surface area contributed by atoms with E-state index in [0.717, 1.165) is 16.7 Å². The lowest BCUT2D eigenvalue weighted by Gasteiger charge is -2.19. The van der Waals surface area contributed by atoms with Gasteiger partial charge in [0.05, 0.1) is 0 Å². The molecule has 0 atom stereocenters. The fourth-order valence-electron chi connectivity index (χ4n) is 2.23. The predicted octanol–water partition coefficient (Wildman–Crippen LogP) is 3.16. The van der Waals surface area contributed by atoms with Gasteiger partial charge < -0.3 is 10.6 Å². The molecule has 0 fully saturated rings. The van der Waals surface area contributed by atoms with Gasteiger partial charge in [0, 0.05) is 24.8 Å². The fourth-order valence-corrected chi connectivity index (χ4v) is 2.23. The monoisotopic (exact) mass is 268 g/mol. The highest BCUT2D eigenvalue weighted by atomic mass is 16.2. The van der Waals surface area contributed by atoms with Crippen molar-refractivity contribution < 1.29 is 4.79 Å². The van der Waals surface area contributed by atoms with Crippen LogP contribution < -0.4 is 5.73 Å². The molecule has 20 heavy (non-hydrogen) atoms. The number of carbonyl (C=O) groups excluding carboxylic acids is 1. The largest absolute Gasteiger partial charge is 0.398 e. The lowest BCUT2D eigenvalue weighted by molar-refractivity contribution is 0.0784. The number of nitrogens with two attached hydrogens (primary N) is 1. The summed E-state index contributed by atoms with van der Waals surface area (Å²) in [6.07, 6.45) is 0. The van der Waals surface area contributed by atoms with E-state index in [9.17, 15) is 4.79 Å². The summed E-state index contributed by atoms with van der Waals surface area (Å²) in [6, 6.07) is 13.7. The SMILES string of the molecule is Cc1cc(C)c(C(=O)N(C)Cc2ccccc2)cc1N. The number of nitrogen functional groups attached to an aromatic ring is 1. The summed E-state index contributed by atoms with van der Waals surface area (Å²) >= 11 is 0. The molecule has 0 spiro atoms. The number of nitrogens with zero attached hydrogens (tertiary/aromatic N) is 1. The van der Waals surface area contributed by atoms with Crippen molar-refractivity contribution in [1.29, 1.82) is 0 Å². The Morgan fingerprint density at radius 1 is 1.10 bits per heavy atom. The molecule has 104 valence electrons. The Balaban J connectivity index is 2.21. The predicted molar refractivity (Wildman–Crippen MR) is 82.6 cm³/mol. The molecule has 2 aromatic carbocycles. The first-order chi connectivity index (χ1) is 9.49. The Bertz CT molecular complexity index is 620. The molecule has 1 amide bonds. The average molecular weight is 268 g/mol. The summed E-state index contributed by atoms with van der Waals surface area (Å²) < 4.78 is 0. The van der Waals surface area contributed by atoms with Gasteiger partial charge in [0.25, 0.3) is 5.91 Å². The van der Waals surface area contributed by atoms with E-state index in [1.165, 1.54) is 0 Å². The lowest BCUT2D eigenvalue weighted by Crippen LogP contribution is -2.27. The molecule has 2 N–H and O–H groups in total. The Morgan fingerprint density at radius 2 is 1.75 bits per heavy atom. The Morgan fingerprint density at radius 3 is 2.40 bits per heavy atom. The van der Waals surface area contributed by atoms with Crippen LogP contribution in [0.5, 0.6) is 0 Å². The third-order valence-electron chi connectivity index (χ3n) is 3.45. The summed E-state index contributed by atoms with van der Waals surface area (Å²) in [5.74, 6) is -0.00180. The van der Waals surface area contributed by atoms with Gasteiger partial charge in [-0.15, -0.1) is 0 Å². The first-order valence-electron chi connectivity index (χ1n) is 6.65. The highest BCUT2D eigenvalue weighted by molar-refractivity contribution is 5.96. The van der Waals surface area contributed by atoms with Crippen LogP contribution in [0.1, 0.15) is 27.0 Å². The van der Waals surface area contributed by atoms with E-state index in [4.69, 9.17) is 5.73 Å². The fraction of sp³-hybridized carbons (Fsp3) is 0.235. The van der Waals surface area contributed by atoms with Crippen LogP contribution in [0.3, 0.4) is 0 Å². The number of hydrogen-bond acceptors (Lipinski definition) is 2. The molecule has 0 aliphatic rings. The Labute approximate surface area is 120 Å². The van der Waals surface area contributed by atoms with Gasteiger partial charge in [0.15, 0.2) is 0 Å². The summed E-state index contributed by atoms with van der Waals surface area (Å²) in [7, 11) is 1.81. The maximum absolute atomic E-state index is 12.5. The molecule has 3 nitrogen and oxygen atoms in total. The molecule has 0 aromatic heterocycles. The molecule has 0 aliphatic heterocycles. The minimum absolute atomic E-state index is 0.00180. The van der Waals surface area contributed by atoms with Crippen molar-refractivity contribution in [1.82, 2.24) is 4.90 Å². The van der Waals surface area contributed by atoms with Crippen LogP contribution in [0.15, 0.2) is 42.5 Å². The quantitative estimate of drug-likeness (QED) is 0.869. The van der Waals surface area contributed by atoms with Gasteiger partial charge in [-0.1, -0.05) is 36.4 Å². The van der Waals surface area contributed by atoms with E-state index in [-0.39, 0.29) is 5.91 Å². The van der Waals surface area contributed by atoms with Crippen molar-refractivity contribution in [2.75, 3.05) is 12.8 Å². The molecule has 0 bridgehead atoms. The van der Waals surface area contributed by atoms with Crippen LogP contribution in [0.25, 0.3) is 0 Å². The average Bonchev–Trinajstić information content (AvgIpc) is 2.43. The standard InChI is InChI=1S/C17H20N2O/c1-12-9-13(2)16(18)10-15(12)17(20)19(3)11-14-7-5-4-6-8-14/h4-10H,11,18H2,1-3H3. The number of benzene rings is 2. The van der Waals surface area contributed by atoms with Crippen LogP contribution >= 0.6 is 0 Å². The van der Waals surface area contributed by atoms with Crippen LogP contribution in [0.4, 0.5) is 5.69 Å². The van der Waals surface area contributed by atoms with E-state index in [0.29, 0.717) is 17.8 Å². The number of amides is 1. The van der Waals surface area contributed by atoms with E-state index >= 15 is 0 Å². The summed E-state index contributed by atoms with van der Waals surface area (Å²) in [6.45, 7) is 4.48. The highest BCUT2D eigenvalue weighted by Crippen LogP contribution is 2.19. The normalized spacial score (nSPS) is 10.3. The molecular weight excluding hydrogens is 248 g/mol. The van der Waals surface area contributed by atoms with Crippen LogP contribution in [0, 0.1) is 13.8 Å². The van der Waals surface area contributed by atoms with Crippen molar-refractivity contribution in [2.45, 2.75) is 20.4 Å². The van der Waals surface area contributed by atoms with Crippen molar-refractivity contribution in [2.24, 2.45) is 0 Å². The van der Waals surface area contributed by atoms with Crippen molar-refractivity contribution in [3.8, 4) is 0 Å². The number of hydrogen-bond donors (Lipinski definition) is 1. The van der Waals surface area contributed by atoms with Crippen molar-refractivity contribution in [3.63, 3.8) is 0 Å². The van der Waals surface area contributed by atoms with Gasteiger partial charge in [0.1, 0.15) is 0 Å². The minimum atomic E-state index is -0.00180.